The van der Waals surface area contributed by atoms with Gasteiger partial charge in [0.05, 0.1) is 5.52 Å². The predicted octanol–water partition coefficient (Wildman–Crippen LogP) is 3.50. The van der Waals surface area contributed by atoms with Crippen molar-refractivity contribution in [3.8, 4) is 0 Å². The molecule has 1 aliphatic rings. The third-order valence-electron chi connectivity index (χ3n) is 5.20. The minimum Gasteiger partial charge on any atom is -0.381 e. The second-order valence-corrected chi connectivity index (χ2v) is 7.48. The molecule has 1 aromatic carbocycles. The lowest BCUT2D eigenvalue weighted by Gasteiger charge is -2.23. The van der Waals surface area contributed by atoms with Crippen LogP contribution in [0.1, 0.15) is 34.5 Å². The van der Waals surface area contributed by atoms with Gasteiger partial charge in [-0.05, 0) is 43.9 Å². The molecule has 0 bridgehead atoms. The van der Waals surface area contributed by atoms with E-state index >= 15 is 0 Å². The van der Waals surface area contributed by atoms with Crippen LogP contribution in [0.2, 0.25) is 0 Å². The van der Waals surface area contributed by atoms with Crippen molar-refractivity contribution in [1.82, 2.24) is 15.3 Å². The number of aryl methyl sites for hydroxylation is 1. The molecule has 0 spiro atoms. The number of nitrogens with one attached hydrogen (secondary N) is 2. The maximum atomic E-state index is 12.5. The van der Waals surface area contributed by atoms with Crippen molar-refractivity contribution in [1.29, 1.82) is 0 Å². The van der Waals surface area contributed by atoms with Crippen LogP contribution in [0.25, 0.3) is 10.9 Å². The Bertz CT molecular complexity index is 982. The fourth-order valence-electron chi connectivity index (χ4n) is 3.44. The first-order chi connectivity index (χ1) is 14.2. The molecule has 6 nitrogen and oxygen atoms in total. The van der Waals surface area contributed by atoms with Crippen molar-refractivity contribution in [2.24, 2.45) is 0 Å². The molecule has 3 heterocycles. The molecule has 2 N–H and O–H groups in total. The van der Waals surface area contributed by atoms with Gasteiger partial charge in [0.2, 0.25) is 0 Å². The number of amides is 1. The monoisotopic (exact) mass is 390 g/mol. The van der Waals surface area contributed by atoms with Crippen molar-refractivity contribution in [2.45, 2.75) is 32.2 Å². The summed E-state index contributed by atoms with van der Waals surface area (Å²) in [7, 11) is 0. The fraction of sp³-hybridized carbons (Fsp3) is 0.348. The van der Waals surface area contributed by atoms with Crippen LogP contribution in [-0.2, 0) is 11.2 Å². The Labute approximate surface area is 170 Å². The average Bonchev–Trinajstić information content (AvgIpc) is 2.75. The molecule has 0 unspecified atom stereocenters. The van der Waals surface area contributed by atoms with Crippen LogP contribution >= 0.6 is 0 Å². The summed E-state index contributed by atoms with van der Waals surface area (Å²) in [5, 5.41) is 7.32. The van der Waals surface area contributed by atoms with Crippen LogP contribution in [0.4, 0.5) is 5.82 Å². The second-order valence-electron chi connectivity index (χ2n) is 7.48. The van der Waals surface area contributed by atoms with Crippen molar-refractivity contribution in [3.05, 3.63) is 65.5 Å². The van der Waals surface area contributed by atoms with E-state index in [1.165, 1.54) is 11.1 Å². The molecule has 0 aliphatic carbocycles. The molecule has 1 amide bonds. The van der Waals surface area contributed by atoms with E-state index in [0.717, 1.165) is 49.2 Å². The Morgan fingerprint density at radius 1 is 1.14 bits per heavy atom. The normalized spacial score (nSPS) is 14.7. The molecule has 150 valence electrons. The molecule has 0 atom stereocenters. The van der Waals surface area contributed by atoms with Gasteiger partial charge in [0, 0.05) is 43.4 Å². The number of benzene rings is 1. The average molecular weight is 390 g/mol. The number of carbonyl (C=O) groups is 1. The SMILES string of the molecule is Cc1ccc(CCNC(=O)c2ccc3cnc(NC4CCOCC4)cc3n2)cc1. The van der Waals surface area contributed by atoms with Gasteiger partial charge >= 0.3 is 0 Å². The lowest BCUT2D eigenvalue weighted by atomic mass is 10.1. The van der Waals surface area contributed by atoms with Gasteiger partial charge in [-0.1, -0.05) is 29.8 Å². The van der Waals surface area contributed by atoms with Crippen LogP contribution in [0.3, 0.4) is 0 Å². The summed E-state index contributed by atoms with van der Waals surface area (Å²) in [6.07, 6.45) is 4.53. The standard InChI is InChI=1S/C23H26N4O2/c1-16-2-4-17(5-3-16)8-11-24-23(28)20-7-6-18-15-25-22(14-21(18)27-20)26-19-9-12-29-13-10-19/h2-7,14-15,19H,8-13H2,1H3,(H,24,28)(H,25,26). The van der Waals surface area contributed by atoms with Crippen LogP contribution in [0.15, 0.2) is 48.7 Å². The number of hydrogen-bond acceptors (Lipinski definition) is 5. The van der Waals surface area contributed by atoms with E-state index in [1.54, 1.807) is 12.3 Å². The first-order valence-electron chi connectivity index (χ1n) is 10.1. The van der Waals surface area contributed by atoms with Gasteiger partial charge in [0.1, 0.15) is 11.5 Å². The van der Waals surface area contributed by atoms with Crippen molar-refractivity contribution < 1.29 is 9.53 Å². The van der Waals surface area contributed by atoms with Gasteiger partial charge in [0.25, 0.3) is 5.91 Å². The highest BCUT2D eigenvalue weighted by Gasteiger charge is 2.14. The molecule has 1 fully saturated rings. The van der Waals surface area contributed by atoms with E-state index in [2.05, 4.69) is 51.8 Å². The molecular weight excluding hydrogens is 364 g/mol. The predicted molar refractivity (Wildman–Crippen MR) is 114 cm³/mol. The van der Waals surface area contributed by atoms with Crippen LogP contribution in [-0.4, -0.2) is 41.7 Å². The Morgan fingerprint density at radius 3 is 2.72 bits per heavy atom. The van der Waals surface area contributed by atoms with Crippen molar-refractivity contribution in [3.63, 3.8) is 0 Å². The lowest BCUT2D eigenvalue weighted by molar-refractivity contribution is 0.0903. The maximum Gasteiger partial charge on any atom is 0.269 e. The molecule has 0 saturated carbocycles. The first kappa shape index (κ1) is 19.3. The van der Waals surface area contributed by atoms with Gasteiger partial charge in [0.15, 0.2) is 0 Å². The number of ether oxygens (including phenoxy) is 1. The molecule has 0 radical (unpaired) electrons. The first-order valence-corrected chi connectivity index (χ1v) is 10.1. The summed E-state index contributed by atoms with van der Waals surface area (Å²) >= 11 is 0. The summed E-state index contributed by atoms with van der Waals surface area (Å²) in [4.78, 5) is 21.5. The zero-order valence-corrected chi connectivity index (χ0v) is 16.6. The zero-order chi connectivity index (χ0) is 20.1. The molecule has 1 aliphatic heterocycles. The minimum absolute atomic E-state index is 0.158. The van der Waals surface area contributed by atoms with E-state index < -0.39 is 0 Å². The number of carbonyl (C=O) groups excluding carboxylic acids is 1. The number of hydrogen-bond donors (Lipinski definition) is 2. The van der Waals surface area contributed by atoms with E-state index in [4.69, 9.17) is 4.74 Å². The highest BCUT2D eigenvalue weighted by Crippen LogP contribution is 2.18. The third-order valence-corrected chi connectivity index (χ3v) is 5.20. The van der Waals surface area contributed by atoms with Crippen LogP contribution in [0, 0.1) is 6.92 Å². The smallest absolute Gasteiger partial charge is 0.269 e. The van der Waals surface area contributed by atoms with Gasteiger partial charge in [-0.25, -0.2) is 9.97 Å². The van der Waals surface area contributed by atoms with Crippen molar-refractivity contribution >= 4 is 22.6 Å². The number of anilines is 1. The number of nitrogens with zero attached hydrogens (tertiary/aromatic N) is 2. The Hall–Kier alpha value is -2.99. The summed E-state index contributed by atoms with van der Waals surface area (Å²) < 4.78 is 5.40. The molecule has 2 aromatic heterocycles. The summed E-state index contributed by atoms with van der Waals surface area (Å²) in [6.45, 7) is 4.19. The van der Waals surface area contributed by atoms with Gasteiger partial charge in [-0.3, -0.25) is 4.79 Å². The molecule has 4 rings (SSSR count). The molecule has 29 heavy (non-hydrogen) atoms. The Morgan fingerprint density at radius 2 is 1.93 bits per heavy atom. The van der Waals surface area contributed by atoms with E-state index in [0.29, 0.717) is 18.3 Å². The highest BCUT2D eigenvalue weighted by atomic mass is 16.5. The summed E-state index contributed by atoms with van der Waals surface area (Å²) in [5.74, 6) is 0.628. The van der Waals surface area contributed by atoms with Gasteiger partial charge in [-0.15, -0.1) is 0 Å². The van der Waals surface area contributed by atoms with Crippen LogP contribution in [0.5, 0.6) is 0 Å². The lowest BCUT2D eigenvalue weighted by Crippen LogP contribution is -2.28. The Kier molecular flexibility index (Phi) is 6.00. The highest BCUT2D eigenvalue weighted by molar-refractivity contribution is 5.95. The topological polar surface area (TPSA) is 76.1 Å². The van der Waals surface area contributed by atoms with Crippen molar-refractivity contribution in [2.75, 3.05) is 25.1 Å². The fourth-order valence-corrected chi connectivity index (χ4v) is 3.44. The number of aromatic nitrogens is 2. The summed E-state index contributed by atoms with van der Waals surface area (Å²) in [5.41, 5.74) is 3.63. The zero-order valence-electron chi connectivity index (χ0n) is 16.6. The quantitative estimate of drug-likeness (QED) is 0.674. The van der Waals surface area contributed by atoms with Crippen LogP contribution < -0.4 is 10.6 Å². The number of pyridine rings is 2. The molecule has 6 heteroatoms. The largest absolute Gasteiger partial charge is 0.381 e. The second kappa shape index (κ2) is 9.01. The summed E-state index contributed by atoms with van der Waals surface area (Å²) in [6, 6.07) is 14.3. The number of rotatable bonds is 6. The molecule has 1 saturated heterocycles. The third kappa shape index (κ3) is 5.09. The number of fused-ring (bicyclic) bond motifs is 1. The Balaban J connectivity index is 1.39. The maximum absolute atomic E-state index is 12.5. The van der Waals surface area contributed by atoms with E-state index in [-0.39, 0.29) is 5.91 Å². The van der Waals surface area contributed by atoms with Gasteiger partial charge in [-0.2, -0.15) is 0 Å². The minimum atomic E-state index is -0.158. The van der Waals surface area contributed by atoms with E-state index in [9.17, 15) is 4.79 Å². The van der Waals surface area contributed by atoms with Gasteiger partial charge < -0.3 is 15.4 Å². The molecular formula is C23H26N4O2. The molecule has 3 aromatic rings. The van der Waals surface area contributed by atoms with E-state index in [1.807, 2.05) is 12.1 Å².